The van der Waals surface area contributed by atoms with Gasteiger partial charge in [-0.15, -0.1) is 0 Å². The molecule has 0 bridgehead atoms. The van der Waals surface area contributed by atoms with E-state index in [0.717, 1.165) is 25.3 Å². The van der Waals surface area contributed by atoms with Crippen LogP contribution in [0, 0.1) is 0 Å². The van der Waals surface area contributed by atoms with E-state index >= 15 is 0 Å². The molecule has 0 aliphatic carbocycles. The molecule has 2 rings (SSSR count). The smallest absolute Gasteiger partial charge is 0.119 e. The summed E-state index contributed by atoms with van der Waals surface area (Å²) in [5.74, 6) is 0.922. The Morgan fingerprint density at radius 3 is 2.72 bits per heavy atom. The molecule has 0 heterocycles. The van der Waals surface area contributed by atoms with Crippen molar-refractivity contribution in [3.8, 4) is 5.75 Å². The number of hydrogen-bond donors (Lipinski definition) is 0. The van der Waals surface area contributed by atoms with Crippen LogP contribution >= 0.6 is 0 Å². The Morgan fingerprint density at radius 1 is 1.17 bits per heavy atom. The van der Waals surface area contributed by atoms with Crippen LogP contribution in [-0.4, -0.2) is 32.1 Å². The fourth-order valence-electron chi connectivity index (χ4n) is 2.14. The minimum Gasteiger partial charge on any atom is -0.497 e. The van der Waals surface area contributed by atoms with Gasteiger partial charge in [-0.3, -0.25) is 0 Å². The van der Waals surface area contributed by atoms with Gasteiger partial charge < -0.3 is 9.64 Å². The van der Waals surface area contributed by atoms with Crippen LogP contribution < -0.4 is 4.74 Å². The maximum Gasteiger partial charge on any atom is 0.119 e. The summed E-state index contributed by atoms with van der Waals surface area (Å²) >= 11 is 0. The Kier molecular flexibility index (Phi) is 4.21. The first kappa shape index (κ1) is 12.9. The van der Waals surface area contributed by atoms with Crippen molar-refractivity contribution in [2.24, 2.45) is 0 Å². The van der Waals surface area contributed by atoms with Crippen molar-refractivity contribution in [1.82, 2.24) is 4.90 Å². The lowest BCUT2D eigenvalue weighted by atomic mass is 10.0. The highest BCUT2D eigenvalue weighted by Gasteiger charge is 2.03. The average Bonchev–Trinajstić information content (AvgIpc) is 2.43. The third-order valence-electron chi connectivity index (χ3n) is 3.48. The topological polar surface area (TPSA) is 12.5 Å². The highest BCUT2D eigenvalue weighted by molar-refractivity contribution is 5.87. The zero-order valence-electron chi connectivity index (χ0n) is 11.4. The number of likely N-dealkylation sites (N-methyl/N-ethyl adjacent to an activating group) is 1. The molecule has 0 fully saturated rings. The van der Waals surface area contributed by atoms with Crippen LogP contribution in [0.5, 0.6) is 5.75 Å². The molecule has 2 nitrogen and oxygen atoms in total. The van der Waals surface area contributed by atoms with E-state index in [0.29, 0.717) is 0 Å². The van der Waals surface area contributed by atoms with Crippen LogP contribution in [0.25, 0.3) is 10.8 Å². The summed E-state index contributed by atoms with van der Waals surface area (Å²) in [6.45, 7) is 4.38. The summed E-state index contributed by atoms with van der Waals surface area (Å²) in [5, 5.41) is 2.59. The largest absolute Gasteiger partial charge is 0.497 e. The quantitative estimate of drug-likeness (QED) is 0.798. The third-order valence-corrected chi connectivity index (χ3v) is 3.48. The number of benzene rings is 2. The predicted molar refractivity (Wildman–Crippen MR) is 77.4 cm³/mol. The normalized spacial score (nSPS) is 11.1. The summed E-state index contributed by atoms with van der Waals surface area (Å²) < 4.78 is 5.27. The zero-order chi connectivity index (χ0) is 13.0. The molecule has 96 valence electrons. The average molecular weight is 243 g/mol. The molecule has 0 N–H and O–H groups in total. The molecule has 0 atom stereocenters. The Labute approximate surface area is 109 Å². The van der Waals surface area contributed by atoms with Crippen LogP contribution in [0.3, 0.4) is 0 Å². The Hall–Kier alpha value is -1.54. The minimum atomic E-state index is 0.922. The highest BCUT2D eigenvalue weighted by Crippen LogP contribution is 2.24. The molecular weight excluding hydrogens is 222 g/mol. The molecule has 0 saturated heterocycles. The van der Waals surface area contributed by atoms with Crippen molar-refractivity contribution in [3.05, 3.63) is 42.0 Å². The van der Waals surface area contributed by atoms with Crippen LogP contribution in [0.1, 0.15) is 12.5 Å². The van der Waals surface area contributed by atoms with Gasteiger partial charge in [0.2, 0.25) is 0 Å². The van der Waals surface area contributed by atoms with E-state index in [1.54, 1.807) is 7.11 Å². The lowest BCUT2D eigenvalue weighted by Crippen LogP contribution is -2.20. The lowest BCUT2D eigenvalue weighted by molar-refractivity contribution is 0.358. The molecule has 0 radical (unpaired) electrons. The molecule has 2 heteroatoms. The number of hydrogen-bond acceptors (Lipinski definition) is 2. The van der Waals surface area contributed by atoms with Gasteiger partial charge in [0.15, 0.2) is 0 Å². The van der Waals surface area contributed by atoms with E-state index in [2.05, 4.69) is 49.2 Å². The van der Waals surface area contributed by atoms with Gasteiger partial charge in [0, 0.05) is 6.54 Å². The summed E-state index contributed by atoms with van der Waals surface area (Å²) in [5.41, 5.74) is 1.41. The summed E-state index contributed by atoms with van der Waals surface area (Å²) in [6, 6.07) is 12.8. The molecule has 0 unspecified atom stereocenters. The molecule has 0 saturated carbocycles. The molecule has 0 aromatic heterocycles. The maximum atomic E-state index is 5.27. The van der Waals surface area contributed by atoms with Gasteiger partial charge in [0.1, 0.15) is 5.75 Å². The second kappa shape index (κ2) is 5.87. The predicted octanol–water partition coefficient (Wildman–Crippen LogP) is 3.34. The zero-order valence-corrected chi connectivity index (χ0v) is 11.4. The highest BCUT2D eigenvalue weighted by atomic mass is 16.5. The van der Waals surface area contributed by atoms with Crippen molar-refractivity contribution in [2.45, 2.75) is 13.3 Å². The van der Waals surface area contributed by atoms with Gasteiger partial charge in [-0.25, -0.2) is 0 Å². The van der Waals surface area contributed by atoms with Crippen LogP contribution in [0.15, 0.2) is 36.4 Å². The minimum absolute atomic E-state index is 0.922. The molecule has 0 spiro atoms. The van der Waals surface area contributed by atoms with Crippen molar-refractivity contribution in [3.63, 3.8) is 0 Å². The number of methoxy groups -OCH3 is 1. The molecule has 2 aromatic carbocycles. The van der Waals surface area contributed by atoms with Crippen LogP contribution in [-0.2, 0) is 6.42 Å². The molecule has 0 aliphatic rings. The summed E-state index contributed by atoms with van der Waals surface area (Å²) in [4.78, 5) is 2.34. The van der Waals surface area contributed by atoms with Crippen LogP contribution in [0.4, 0.5) is 0 Å². The second-order valence-electron chi connectivity index (χ2n) is 4.65. The monoisotopic (exact) mass is 243 g/mol. The van der Waals surface area contributed by atoms with Crippen molar-refractivity contribution in [2.75, 3.05) is 27.2 Å². The van der Waals surface area contributed by atoms with E-state index in [9.17, 15) is 0 Å². The van der Waals surface area contributed by atoms with Gasteiger partial charge in [0.05, 0.1) is 7.11 Å². The number of rotatable bonds is 5. The molecular formula is C16H21NO. The van der Waals surface area contributed by atoms with Gasteiger partial charge in [0.25, 0.3) is 0 Å². The van der Waals surface area contributed by atoms with Crippen molar-refractivity contribution in [1.29, 1.82) is 0 Å². The molecule has 18 heavy (non-hydrogen) atoms. The van der Waals surface area contributed by atoms with E-state index in [1.165, 1.54) is 16.3 Å². The number of ether oxygens (including phenoxy) is 1. The van der Waals surface area contributed by atoms with Gasteiger partial charge in [-0.1, -0.05) is 31.2 Å². The Balaban J connectivity index is 2.28. The van der Waals surface area contributed by atoms with Gasteiger partial charge in [-0.2, -0.15) is 0 Å². The Morgan fingerprint density at radius 2 is 2.00 bits per heavy atom. The van der Waals surface area contributed by atoms with E-state index in [1.807, 2.05) is 6.07 Å². The van der Waals surface area contributed by atoms with E-state index in [-0.39, 0.29) is 0 Å². The van der Waals surface area contributed by atoms with E-state index < -0.39 is 0 Å². The van der Waals surface area contributed by atoms with Crippen molar-refractivity contribution < 1.29 is 4.74 Å². The van der Waals surface area contributed by atoms with Crippen molar-refractivity contribution >= 4 is 10.8 Å². The van der Waals surface area contributed by atoms with Gasteiger partial charge in [-0.05, 0) is 48.5 Å². The molecule has 2 aromatic rings. The molecule has 0 aliphatic heterocycles. The standard InChI is InChI=1S/C16H21NO/c1-4-17(2)11-10-13-6-5-7-14-12-15(18-3)8-9-16(13)14/h5-9,12H,4,10-11H2,1-3H3. The lowest BCUT2D eigenvalue weighted by Gasteiger charge is -2.14. The number of fused-ring (bicyclic) bond motifs is 1. The maximum absolute atomic E-state index is 5.27. The third kappa shape index (κ3) is 2.82. The van der Waals surface area contributed by atoms with Crippen LogP contribution in [0.2, 0.25) is 0 Å². The summed E-state index contributed by atoms with van der Waals surface area (Å²) in [7, 11) is 3.87. The first-order valence-electron chi connectivity index (χ1n) is 6.48. The first-order valence-corrected chi connectivity index (χ1v) is 6.48. The van der Waals surface area contributed by atoms with E-state index in [4.69, 9.17) is 4.74 Å². The SMILES string of the molecule is CCN(C)CCc1cccc2cc(OC)ccc12. The number of nitrogens with zero attached hydrogens (tertiary/aromatic N) is 1. The second-order valence-corrected chi connectivity index (χ2v) is 4.65. The fourth-order valence-corrected chi connectivity index (χ4v) is 2.14. The molecule has 0 amide bonds. The fraction of sp³-hybridized carbons (Fsp3) is 0.375. The Bertz CT molecular complexity index is 521. The first-order chi connectivity index (χ1) is 8.74. The summed E-state index contributed by atoms with van der Waals surface area (Å²) in [6.07, 6.45) is 1.09. The van der Waals surface area contributed by atoms with Gasteiger partial charge >= 0.3 is 0 Å².